The van der Waals surface area contributed by atoms with E-state index in [0.717, 1.165) is 4.31 Å². The molecule has 3 amide bonds. The maximum atomic E-state index is 14.3. The van der Waals surface area contributed by atoms with Crippen molar-refractivity contribution in [2.45, 2.75) is 63.6 Å². The zero-order chi connectivity index (χ0) is 25.8. The maximum Gasteiger partial charge on any atom is 0.269 e. The second kappa shape index (κ2) is 11.0. The Kier molecular flexibility index (Phi) is 8.26. The van der Waals surface area contributed by atoms with Crippen LogP contribution < -0.4 is 5.32 Å². The third kappa shape index (κ3) is 5.70. The van der Waals surface area contributed by atoms with Crippen LogP contribution in [0.2, 0.25) is 0 Å². The monoisotopic (exact) mass is 503 g/mol. The van der Waals surface area contributed by atoms with E-state index in [0.29, 0.717) is 6.42 Å². The van der Waals surface area contributed by atoms with Crippen molar-refractivity contribution in [1.29, 1.82) is 0 Å². The van der Waals surface area contributed by atoms with E-state index >= 15 is 0 Å². The molecule has 0 radical (unpaired) electrons. The van der Waals surface area contributed by atoms with E-state index in [2.05, 4.69) is 5.32 Å². The highest BCUT2D eigenvalue weighted by molar-refractivity contribution is 7.90. The molecule has 3 rings (SSSR count). The van der Waals surface area contributed by atoms with Gasteiger partial charge in [-0.3, -0.25) is 14.4 Å². The van der Waals surface area contributed by atoms with Gasteiger partial charge in [-0.25, -0.2) is 17.1 Å². The molecule has 8 nitrogen and oxygen atoms in total. The number of benzene rings is 2. The van der Waals surface area contributed by atoms with Crippen molar-refractivity contribution >= 4 is 27.7 Å². The Morgan fingerprint density at radius 2 is 1.74 bits per heavy atom. The van der Waals surface area contributed by atoms with Gasteiger partial charge < -0.3 is 10.2 Å². The Hall–Kier alpha value is -3.27. The van der Waals surface area contributed by atoms with Gasteiger partial charge in [-0.05, 0) is 44.9 Å². The lowest BCUT2D eigenvalue weighted by molar-refractivity contribution is -0.141. The zero-order valence-corrected chi connectivity index (χ0v) is 20.8. The molecular formula is C25H30FN3O5S. The van der Waals surface area contributed by atoms with Crippen LogP contribution in [0.5, 0.6) is 0 Å². The first-order valence-electron chi connectivity index (χ1n) is 11.6. The van der Waals surface area contributed by atoms with Gasteiger partial charge in [-0.1, -0.05) is 37.3 Å². The largest absolute Gasteiger partial charge is 0.352 e. The number of nitrogens with one attached hydrogen (secondary N) is 1. The summed E-state index contributed by atoms with van der Waals surface area (Å²) in [6.45, 7) is 5.04. The number of rotatable bonds is 10. The second-order valence-electron chi connectivity index (χ2n) is 8.59. The summed E-state index contributed by atoms with van der Waals surface area (Å²) in [5.41, 5.74) is 0.368. The summed E-state index contributed by atoms with van der Waals surface area (Å²) in [7, 11) is -3.97. The van der Waals surface area contributed by atoms with Crippen LogP contribution in [0.4, 0.5) is 4.39 Å². The molecule has 35 heavy (non-hydrogen) atoms. The van der Waals surface area contributed by atoms with Gasteiger partial charge in [0.1, 0.15) is 16.8 Å². The first kappa shape index (κ1) is 26.3. The molecule has 188 valence electrons. The van der Waals surface area contributed by atoms with Gasteiger partial charge in [0.15, 0.2) is 0 Å². The van der Waals surface area contributed by atoms with E-state index in [1.807, 2.05) is 13.8 Å². The molecule has 1 N–H and O–H groups in total. The average molecular weight is 504 g/mol. The van der Waals surface area contributed by atoms with E-state index in [4.69, 9.17) is 0 Å². The van der Waals surface area contributed by atoms with Gasteiger partial charge >= 0.3 is 0 Å². The van der Waals surface area contributed by atoms with E-state index in [9.17, 15) is 27.2 Å². The highest BCUT2D eigenvalue weighted by Gasteiger charge is 2.40. The van der Waals surface area contributed by atoms with Gasteiger partial charge in [0.25, 0.3) is 15.9 Å². The molecule has 2 aromatic rings. The lowest BCUT2D eigenvalue weighted by Crippen LogP contribution is -2.49. The Labute approximate surface area is 205 Å². The molecule has 0 saturated heterocycles. The number of carbonyl (C=O) groups is 3. The Morgan fingerprint density at radius 1 is 1.09 bits per heavy atom. The molecule has 0 aliphatic carbocycles. The molecule has 2 aromatic carbocycles. The summed E-state index contributed by atoms with van der Waals surface area (Å²) in [4.78, 5) is 39.7. The number of fused-ring (bicyclic) bond motifs is 1. The van der Waals surface area contributed by atoms with E-state index in [1.165, 1.54) is 29.2 Å². The molecule has 0 bridgehead atoms. The number of amides is 3. The smallest absolute Gasteiger partial charge is 0.269 e. The molecule has 0 aromatic heterocycles. The topological polar surface area (TPSA) is 104 Å². The van der Waals surface area contributed by atoms with Crippen molar-refractivity contribution in [2.75, 3.05) is 6.54 Å². The summed E-state index contributed by atoms with van der Waals surface area (Å²) in [5.74, 6) is -1.93. The molecular weight excluding hydrogens is 473 g/mol. The fraction of sp³-hybridized carbons (Fsp3) is 0.400. The summed E-state index contributed by atoms with van der Waals surface area (Å²) in [6, 6.07) is 11.0. The van der Waals surface area contributed by atoms with Crippen LogP contribution in [0.25, 0.3) is 0 Å². The molecule has 0 unspecified atom stereocenters. The standard InChI is InChI=1S/C25H30FN3O5S/c1-4-17(2)27-24(31)18(3)28(16-19-10-5-7-12-21(19)26)23(30)14-9-15-29-25(32)20-11-6-8-13-22(20)35(29,33)34/h5-8,10-13,17-18H,4,9,14-16H2,1-3H3,(H,27,31)/t17-,18-/m1/s1. The van der Waals surface area contributed by atoms with Crippen LogP contribution in [-0.4, -0.2) is 54.0 Å². The van der Waals surface area contributed by atoms with Crippen molar-refractivity contribution in [3.05, 3.63) is 65.5 Å². The number of hydrogen-bond donors (Lipinski definition) is 1. The first-order valence-corrected chi connectivity index (χ1v) is 13.0. The van der Waals surface area contributed by atoms with E-state index < -0.39 is 33.7 Å². The van der Waals surface area contributed by atoms with E-state index in [1.54, 1.807) is 31.2 Å². The fourth-order valence-corrected chi connectivity index (χ4v) is 5.44. The second-order valence-corrected chi connectivity index (χ2v) is 10.4. The van der Waals surface area contributed by atoms with Crippen molar-refractivity contribution in [3.8, 4) is 0 Å². The molecule has 1 aliphatic heterocycles. The van der Waals surface area contributed by atoms with Crippen LogP contribution in [0, 0.1) is 5.82 Å². The van der Waals surface area contributed by atoms with Gasteiger partial charge in [-0.2, -0.15) is 0 Å². The average Bonchev–Trinajstić information content (AvgIpc) is 3.03. The zero-order valence-electron chi connectivity index (χ0n) is 20.0. The summed E-state index contributed by atoms with van der Waals surface area (Å²) in [6.07, 6.45) is 0.650. The molecule has 0 fully saturated rings. The lowest BCUT2D eigenvalue weighted by Gasteiger charge is -2.30. The predicted molar refractivity (Wildman–Crippen MR) is 128 cm³/mol. The third-order valence-electron chi connectivity index (χ3n) is 6.13. The number of nitrogens with zero attached hydrogens (tertiary/aromatic N) is 2. The Bertz CT molecular complexity index is 1220. The number of carbonyl (C=O) groups excluding carboxylic acids is 3. The van der Waals surface area contributed by atoms with Crippen molar-refractivity contribution in [3.63, 3.8) is 0 Å². The van der Waals surface area contributed by atoms with Crippen LogP contribution in [0.3, 0.4) is 0 Å². The number of hydrogen-bond acceptors (Lipinski definition) is 5. The van der Waals surface area contributed by atoms with Gasteiger partial charge in [0.05, 0.1) is 5.56 Å². The molecule has 0 spiro atoms. The minimum Gasteiger partial charge on any atom is -0.352 e. The fourth-order valence-electron chi connectivity index (χ4n) is 3.83. The number of halogens is 1. The van der Waals surface area contributed by atoms with Crippen molar-refractivity contribution < 1.29 is 27.2 Å². The molecule has 2 atom stereocenters. The van der Waals surface area contributed by atoms with Crippen LogP contribution in [0.1, 0.15) is 56.0 Å². The summed E-state index contributed by atoms with van der Waals surface area (Å²) >= 11 is 0. The van der Waals surface area contributed by atoms with Gasteiger partial charge in [-0.15, -0.1) is 0 Å². The summed E-state index contributed by atoms with van der Waals surface area (Å²) < 4.78 is 40.5. The molecule has 1 aliphatic rings. The van der Waals surface area contributed by atoms with Crippen LogP contribution in [-0.2, 0) is 26.2 Å². The van der Waals surface area contributed by atoms with Crippen LogP contribution >= 0.6 is 0 Å². The SMILES string of the molecule is CC[C@@H](C)NC(=O)[C@@H](C)N(Cc1ccccc1F)C(=O)CCCN1C(=O)c2ccccc2S1(=O)=O. The minimum absolute atomic E-state index is 0.0483. The quantitative estimate of drug-likeness (QED) is 0.537. The van der Waals surface area contributed by atoms with Gasteiger partial charge in [0, 0.05) is 31.1 Å². The lowest BCUT2D eigenvalue weighted by atomic mass is 10.1. The predicted octanol–water partition coefficient (Wildman–Crippen LogP) is 3.08. The number of sulfonamides is 1. The van der Waals surface area contributed by atoms with Crippen LogP contribution in [0.15, 0.2) is 53.4 Å². The molecule has 0 saturated carbocycles. The maximum absolute atomic E-state index is 14.3. The first-order chi connectivity index (χ1) is 16.6. The summed E-state index contributed by atoms with van der Waals surface area (Å²) in [5, 5.41) is 2.83. The molecule has 10 heteroatoms. The normalized spacial score (nSPS) is 15.9. The Balaban J connectivity index is 1.72. The van der Waals surface area contributed by atoms with Crippen molar-refractivity contribution in [2.24, 2.45) is 0 Å². The highest BCUT2D eigenvalue weighted by Crippen LogP contribution is 2.30. The van der Waals surface area contributed by atoms with Crippen molar-refractivity contribution in [1.82, 2.24) is 14.5 Å². The third-order valence-corrected chi connectivity index (χ3v) is 7.97. The molecule has 1 heterocycles. The van der Waals surface area contributed by atoms with E-state index in [-0.39, 0.29) is 53.9 Å². The van der Waals surface area contributed by atoms with Gasteiger partial charge in [0.2, 0.25) is 11.8 Å². The highest BCUT2D eigenvalue weighted by atomic mass is 32.2. The minimum atomic E-state index is -3.97. The Morgan fingerprint density at radius 3 is 2.40 bits per heavy atom.